The maximum Gasteiger partial charge on any atom is 0.236 e. The van der Waals surface area contributed by atoms with Gasteiger partial charge in [0.05, 0.1) is 25.7 Å². The number of carbonyl (C=O) groups is 1. The largest absolute Gasteiger partial charge is 0.370 e. The lowest BCUT2D eigenvalue weighted by Crippen LogP contribution is -2.50. The standard InChI is InChI=1S/C16H24N2O2.ClH/c1-11-5-6-12(2)14(7-11)15-9-18(13(3)10-20-15)16(19)8-17-4;/h5-7,13,15,17H,8-10H2,1-4H3;1H. The van der Waals surface area contributed by atoms with Crippen molar-refractivity contribution in [2.45, 2.75) is 32.9 Å². The molecule has 0 aliphatic carbocycles. The molecule has 0 aromatic heterocycles. The summed E-state index contributed by atoms with van der Waals surface area (Å²) in [6.07, 6.45) is -0.0214. The van der Waals surface area contributed by atoms with E-state index in [1.54, 1.807) is 7.05 Å². The second-order valence-electron chi connectivity index (χ2n) is 5.61. The maximum atomic E-state index is 12.1. The van der Waals surface area contributed by atoms with E-state index in [9.17, 15) is 4.79 Å². The van der Waals surface area contributed by atoms with Crippen LogP contribution in [0.4, 0.5) is 0 Å². The smallest absolute Gasteiger partial charge is 0.236 e. The van der Waals surface area contributed by atoms with Crippen LogP contribution in [0.1, 0.15) is 29.7 Å². The van der Waals surface area contributed by atoms with Gasteiger partial charge in [-0.25, -0.2) is 0 Å². The molecule has 1 aliphatic heterocycles. The molecule has 1 saturated heterocycles. The summed E-state index contributed by atoms with van der Waals surface area (Å²) >= 11 is 0. The molecule has 1 N–H and O–H groups in total. The topological polar surface area (TPSA) is 41.6 Å². The van der Waals surface area contributed by atoms with Crippen molar-refractivity contribution >= 4 is 18.3 Å². The Labute approximate surface area is 133 Å². The van der Waals surface area contributed by atoms with Crippen LogP contribution in [-0.2, 0) is 9.53 Å². The van der Waals surface area contributed by atoms with Gasteiger partial charge < -0.3 is 15.0 Å². The summed E-state index contributed by atoms with van der Waals surface area (Å²) in [5.74, 6) is 0.138. The zero-order valence-corrected chi connectivity index (χ0v) is 14.0. The van der Waals surface area contributed by atoms with Crippen LogP contribution in [0.15, 0.2) is 18.2 Å². The quantitative estimate of drug-likeness (QED) is 0.930. The second-order valence-corrected chi connectivity index (χ2v) is 5.61. The molecule has 1 amide bonds. The second kappa shape index (κ2) is 7.78. The molecule has 0 saturated carbocycles. The summed E-state index contributed by atoms with van der Waals surface area (Å²) in [7, 11) is 1.80. The van der Waals surface area contributed by atoms with E-state index in [2.05, 4.69) is 37.4 Å². The highest BCUT2D eigenvalue weighted by molar-refractivity contribution is 5.85. The highest BCUT2D eigenvalue weighted by Gasteiger charge is 2.30. The Kier molecular flexibility index (Phi) is 6.65. The number of ether oxygens (including phenoxy) is 1. The monoisotopic (exact) mass is 312 g/mol. The van der Waals surface area contributed by atoms with E-state index in [1.165, 1.54) is 16.7 Å². The molecule has 2 unspecified atom stereocenters. The van der Waals surface area contributed by atoms with Gasteiger partial charge in [0.1, 0.15) is 6.10 Å². The van der Waals surface area contributed by atoms with Crippen LogP contribution in [0.3, 0.4) is 0 Å². The van der Waals surface area contributed by atoms with Gasteiger partial charge in [-0.1, -0.05) is 23.8 Å². The zero-order chi connectivity index (χ0) is 14.7. The van der Waals surface area contributed by atoms with Crippen LogP contribution in [0.2, 0.25) is 0 Å². The van der Waals surface area contributed by atoms with Crippen molar-refractivity contribution in [3.8, 4) is 0 Å². The van der Waals surface area contributed by atoms with Crippen molar-refractivity contribution in [1.29, 1.82) is 0 Å². The van der Waals surface area contributed by atoms with Crippen LogP contribution in [0, 0.1) is 13.8 Å². The molecule has 1 aliphatic rings. The SMILES string of the molecule is CNCC(=O)N1CC(c2cc(C)ccc2C)OCC1C.Cl. The molecule has 1 aromatic rings. The molecule has 0 spiro atoms. The Balaban J connectivity index is 0.00000220. The van der Waals surface area contributed by atoms with Gasteiger partial charge in [0.25, 0.3) is 0 Å². The number of nitrogens with zero attached hydrogens (tertiary/aromatic N) is 1. The zero-order valence-electron chi connectivity index (χ0n) is 13.2. The minimum absolute atomic E-state index is 0. The van der Waals surface area contributed by atoms with Crippen LogP contribution < -0.4 is 5.32 Å². The first-order valence-corrected chi connectivity index (χ1v) is 7.15. The number of halogens is 1. The van der Waals surface area contributed by atoms with E-state index < -0.39 is 0 Å². The predicted octanol–water partition coefficient (Wildman–Crippen LogP) is 2.23. The first-order chi connectivity index (χ1) is 9.52. The van der Waals surface area contributed by atoms with Gasteiger partial charge in [-0.05, 0) is 38.9 Å². The lowest BCUT2D eigenvalue weighted by Gasteiger charge is -2.38. The summed E-state index contributed by atoms with van der Waals surface area (Å²) in [6, 6.07) is 6.52. The number of amides is 1. The molecule has 0 bridgehead atoms. The number of hydrogen-bond acceptors (Lipinski definition) is 3. The minimum atomic E-state index is -0.0214. The predicted molar refractivity (Wildman–Crippen MR) is 87.0 cm³/mol. The van der Waals surface area contributed by atoms with E-state index in [0.29, 0.717) is 19.7 Å². The normalized spacial score (nSPS) is 21.8. The van der Waals surface area contributed by atoms with Gasteiger partial charge in [-0.15, -0.1) is 12.4 Å². The van der Waals surface area contributed by atoms with Crippen molar-refractivity contribution in [1.82, 2.24) is 10.2 Å². The van der Waals surface area contributed by atoms with Gasteiger partial charge in [0.15, 0.2) is 0 Å². The number of hydrogen-bond donors (Lipinski definition) is 1. The molecular formula is C16H25ClN2O2. The number of likely N-dealkylation sites (N-methyl/N-ethyl adjacent to an activating group) is 1. The summed E-state index contributed by atoms with van der Waals surface area (Å²) in [6.45, 7) is 7.81. The van der Waals surface area contributed by atoms with Gasteiger partial charge in [0.2, 0.25) is 5.91 Å². The fraction of sp³-hybridized carbons (Fsp3) is 0.562. The third-order valence-electron chi connectivity index (χ3n) is 3.86. The molecule has 2 atom stereocenters. The van der Waals surface area contributed by atoms with Crippen molar-refractivity contribution in [3.05, 3.63) is 34.9 Å². The number of benzene rings is 1. The Morgan fingerprint density at radius 3 is 2.81 bits per heavy atom. The third-order valence-corrected chi connectivity index (χ3v) is 3.86. The number of nitrogens with one attached hydrogen (secondary N) is 1. The van der Waals surface area contributed by atoms with Gasteiger partial charge in [0, 0.05) is 0 Å². The van der Waals surface area contributed by atoms with E-state index in [4.69, 9.17) is 4.74 Å². The van der Waals surface area contributed by atoms with Crippen molar-refractivity contribution < 1.29 is 9.53 Å². The third kappa shape index (κ3) is 4.19. The van der Waals surface area contributed by atoms with Crippen molar-refractivity contribution in [2.75, 3.05) is 26.7 Å². The molecule has 1 fully saturated rings. The molecule has 1 heterocycles. The molecule has 118 valence electrons. The van der Waals surface area contributed by atoms with Crippen LogP contribution in [0.5, 0.6) is 0 Å². The fourth-order valence-electron chi connectivity index (χ4n) is 2.65. The average Bonchev–Trinajstić information content (AvgIpc) is 2.42. The Hall–Kier alpha value is -1.10. The Bertz CT molecular complexity index is 493. The lowest BCUT2D eigenvalue weighted by molar-refractivity contribution is -0.143. The van der Waals surface area contributed by atoms with E-state index in [0.717, 1.165) is 0 Å². The van der Waals surface area contributed by atoms with E-state index in [-0.39, 0.29) is 30.5 Å². The molecule has 4 nitrogen and oxygen atoms in total. The molecule has 21 heavy (non-hydrogen) atoms. The Morgan fingerprint density at radius 2 is 2.14 bits per heavy atom. The summed E-state index contributed by atoms with van der Waals surface area (Å²) in [5, 5.41) is 2.93. The van der Waals surface area contributed by atoms with Gasteiger partial charge in [-0.3, -0.25) is 4.79 Å². The lowest BCUT2D eigenvalue weighted by atomic mass is 9.99. The first-order valence-electron chi connectivity index (χ1n) is 7.15. The van der Waals surface area contributed by atoms with Crippen molar-refractivity contribution in [3.63, 3.8) is 0 Å². The highest BCUT2D eigenvalue weighted by atomic mass is 35.5. The summed E-state index contributed by atoms with van der Waals surface area (Å²) in [4.78, 5) is 14.1. The summed E-state index contributed by atoms with van der Waals surface area (Å²) in [5.41, 5.74) is 3.64. The maximum absolute atomic E-state index is 12.1. The van der Waals surface area contributed by atoms with Crippen LogP contribution in [-0.4, -0.2) is 43.6 Å². The van der Waals surface area contributed by atoms with Gasteiger partial charge >= 0.3 is 0 Å². The van der Waals surface area contributed by atoms with Gasteiger partial charge in [-0.2, -0.15) is 0 Å². The number of aryl methyl sites for hydroxylation is 2. The summed E-state index contributed by atoms with van der Waals surface area (Å²) < 4.78 is 5.96. The first kappa shape index (κ1) is 18.0. The number of rotatable bonds is 3. The van der Waals surface area contributed by atoms with Crippen LogP contribution >= 0.6 is 12.4 Å². The number of morpholine rings is 1. The van der Waals surface area contributed by atoms with Crippen molar-refractivity contribution in [2.24, 2.45) is 0 Å². The molecule has 0 radical (unpaired) electrons. The average molecular weight is 313 g/mol. The highest BCUT2D eigenvalue weighted by Crippen LogP contribution is 2.28. The molecular weight excluding hydrogens is 288 g/mol. The molecule has 1 aromatic carbocycles. The Morgan fingerprint density at radius 1 is 1.43 bits per heavy atom. The fourth-order valence-corrected chi connectivity index (χ4v) is 2.65. The van der Waals surface area contributed by atoms with E-state index >= 15 is 0 Å². The van der Waals surface area contributed by atoms with Crippen LogP contribution in [0.25, 0.3) is 0 Å². The minimum Gasteiger partial charge on any atom is -0.370 e. The van der Waals surface area contributed by atoms with E-state index in [1.807, 2.05) is 11.8 Å². The molecule has 5 heteroatoms. The number of carbonyl (C=O) groups excluding carboxylic acids is 1. The molecule has 2 rings (SSSR count).